The SMILES string of the molecule is Cc1ccccc1C(O)c1ccccc1OC(F)(F)F. The minimum Gasteiger partial charge on any atom is -0.405 e. The van der Waals surface area contributed by atoms with E-state index in [1.807, 2.05) is 0 Å². The Labute approximate surface area is 114 Å². The van der Waals surface area contributed by atoms with E-state index in [0.29, 0.717) is 5.56 Å². The third-order valence-electron chi connectivity index (χ3n) is 2.92. The highest BCUT2D eigenvalue weighted by molar-refractivity contribution is 5.42. The van der Waals surface area contributed by atoms with Crippen molar-refractivity contribution in [3.63, 3.8) is 0 Å². The van der Waals surface area contributed by atoms with Crippen molar-refractivity contribution < 1.29 is 23.0 Å². The lowest BCUT2D eigenvalue weighted by atomic mass is 9.97. The molecule has 0 saturated heterocycles. The maximum Gasteiger partial charge on any atom is 0.573 e. The molecule has 0 heterocycles. The summed E-state index contributed by atoms with van der Waals surface area (Å²) in [6, 6.07) is 12.6. The Hall–Kier alpha value is -2.01. The van der Waals surface area contributed by atoms with E-state index in [-0.39, 0.29) is 5.56 Å². The van der Waals surface area contributed by atoms with Crippen molar-refractivity contribution in [3.8, 4) is 5.75 Å². The summed E-state index contributed by atoms with van der Waals surface area (Å²) in [5.41, 5.74) is 1.42. The minimum absolute atomic E-state index is 0.0825. The molecule has 2 aromatic carbocycles. The quantitative estimate of drug-likeness (QED) is 0.922. The maximum absolute atomic E-state index is 12.4. The van der Waals surface area contributed by atoms with Crippen molar-refractivity contribution >= 4 is 0 Å². The topological polar surface area (TPSA) is 29.5 Å². The summed E-state index contributed by atoms with van der Waals surface area (Å²) in [7, 11) is 0. The van der Waals surface area contributed by atoms with Crippen LogP contribution in [0, 0.1) is 6.92 Å². The van der Waals surface area contributed by atoms with Gasteiger partial charge in [0.05, 0.1) is 0 Å². The van der Waals surface area contributed by atoms with E-state index in [1.54, 1.807) is 37.3 Å². The molecule has 0 bridgehead atoms. The van der Waals surface area contributed by atoms with Crippen LogP contribution < -0.4 is 4.74 Å². The molecule has 0 fully saturated rings. The summed E-state index contributed by atoms with van der Waals surface area (Å²) in [5.74, 6) is -0.393. The number of alkyl halides is 3. The van der Waals surface area contributed by atoms with Gasteiger partial charge in [0.25, 0.3) is 0 Å². The van der Waals surface area contributed by atoms with E-state index >= 15 is 0 Å². The van der Waals surface area contributed by atoms with Gasteiger partial charge in [-0.3, -0.25) is 0 Å². The number of benzene rings is 2. The van der Waals surface area contributed by atoms with Gasteiger partial charge < -0.3 is 9.84 Å². The van der Waals surface area contributed by atoms with Gasteiger partial charge in [-0.05, 0) is 24.1 Å². The Kier molecular flexibility index (Phi) is 3.99. The Bertz CT molecular complexity index is 594. The second-order valence-electron chi connectivity index (χ2n) is 4.34. The monoisotopic (exact) mass is 282 g/mol. The van der Waals surface area contributed by atoms with Gasteiger partial charge in [-0.15, -0.1) is 13.2 Å². The van der Waals surface area contributed by atoms with Gasteiger partial charge in [-0.25, -0.2) is 0 Å². The first-order valence-electron chi connectivity index (χ1n) is 5.97. The molecule has 106 valence electrons. The number of hydrogen-bond acceptors (Lipinski definition) is 2. The Balaban J connectivity index is 2.40. The van der Waals surface area contributed by atoms with Crippen LogP contribution in [0.4, 0.5) is 13.2 Å². The number of aliphatic hydroxyl groups is 1. The fraction of sp³-hybridized carbons (Fsp3) is 0.200. The molecule has 0 aliphatic carbocycles. The van der Waals surface area contributed by atoms with Gasteiger partial charge >= 0.3 is 6.36 Å². The van der Waals surface area contributed by atoms with E-state index in [4.69, 9.17) is 0 Å². The Morgan fingerprint density at radius 3 is 2.10 bits per heavy atom. The number of rotatable bonds is 3. The number of aliphatic hydroxyl groups excluding tert-OH is 1. The predicted octanol–water partition coefficient (Wildman–Crippen LogP) is 3.98. The summed E-state index contributed by atoms with van der Waals surface area (Å²) in [6.45, 7) is 1.78. The Morgan fingerprint density at radius 1 is 0.950 bits per heavy atom. The average Bonchev–Trinajstić information content (AvgIpc) is 2.37. The highest BCUT2D eigenvalue weighted by atomic mass is 19.4. The first kappa shape index (κ1) is 14.4. The van der Waals surface area contributed by atoms with E-state index in [2.05, 4.69) is 4.74 Å². The molecular formula is C15H13F3O2. The molecule has 1 atom stereocenters. The van der Waals surface area contributed by atoms with E-state index in [1.165, 1.54) is 18.2 Å². The van der Waals surface area contributed by atoms with Crippen LogP contribution in [0.25, 0.3) is 0 Å². The van der Waals surface area contributed by atoms with Crippen molar-refractivity contribution in [2.24, 2.45) is 0 Å². The van der Waals surface area contributed by atoms with Crippen molar-refractivity contribution in [3.05, 3.63) is 65.2 Å². The fourth-order valence-electron chi connectivity index (χ4n) is 1.99. The number of para-hydroxylation sites is 1. The molecule has 0 aliphatic heterocycles. The van der Waals surface area contributed by atoms with Crippen molar-refractivity contribution in [2.75, 3.05) is 0 Å². The molecule has 0 amide bonds. The van der Waals surface area contributed by atoms with Gasteiger partial charge in [0.15, 0.2) is 0 Å². The molecule has 1 unspecified atom stereocenters. The summed E-state index contributed by atoms with van der Waals surface area (Å²) in [4.78, 5) is 0. The molecule has 1 N–H and O–H groups in total. The molecule has 0 spiro atoms. The minimum atomic E-state index is -4.79. The molecule has 0 radical (unpaired) electrons. The van der Waals surface area contributed by atoms with E-state index < -0.39 is 18.2 Å². The van der Waals surface area contributed by atoms with Gasteiger partial charge in [0.2, 0.25) is 0 Å². The number of ether oxygens (including phenoxy) is 1. The van der Waals surface area contributed by atoms with Crippen molar-refractivity contribution in [2.45, 2.75) is 19.4 Å². The fourth-order valence-corrected chi connectivity index (χ4v) is 1.99. The van der Waals surface area contributed by atoms with Gasteiger partial charge in [0, 0.05) is 5.56 Å². The van der Waals surface area contributed by atoms with Crippen LogP contribution in [0.15, 0.2) is 48.5 Å². The van der Waals surface area contributed by atoms with Crippen molar-refractivity contribution in [1.29, 1.82) is 0 Å². The predicted molar refractivity (Wildman–Crippen MR) is 68.4 cm³/mol. The standard InChI is InChI=1S/C15H13F3O2/c1-10-6-2-3-7-11(10)14(19)12-8-4-5-9-13(12)20-15(16,17)18/h2-9,14,19H,1H3. The summed E-state index contributed by atoms with van der Waals surface area (Å²) in [6.07, 6.45) is -5.96. The van der Waals surface area contributed by atoms with Crippen LogP contribution in [0.1, 0.15) is 22.8 Å². The second kappa shape index (κ2) is 5.54. The molecular weight excluding hydrogens is 269 g/mol. The average molecular weight is 282 g/mol. The number of aryl methyl sites for hydroxylation is 1. The zero-order valence-electron chi connectivity index (χ0n) is 10.7. The molecule has 2 nitrogen and oxygen atoms in total. The first-order valence-corrected chi connectivity index (χ1v) is 5.97. The van der Waals surface area contributed by atoms with Crippen LogP contribution in [0.3, 0.4) is 0 Å². The van der Waals surface area contributed by atoms with Crippen LogP contribution in [-0.2, 0) is 0 Å². The van der Waals surface area contributed by atoms with Crippen LogP contribution in [0.5, 0.6) is 5.75 Å². The largest absolute Gasteiger partial charge is 0.573 e. The molecule has 5 heteroatoms. The Morgan fingerprint density at radius 2 is 1.50 bits per heavy atom. The zero-order chi connectivity index (χ0) is 14.8. The lowest BCUT2D eigenvalue weighted by molar-refractivity contribution is -0.275. The van der Waals surface area contributed by atoms with Crippen LogP contribution in [-0.4, -0.2) is 11.5 Å². The third kappa shape index (κ3) is 3.30. The first-order chi connectivity index (χ1) is 9.38. The molecule has 2 aromatic rings. The second-order valence-corrected chi connectivity index (χ2v) is 4.34. The third-order valence-corrected chi connectivity index (χ3v) is 2.92. The highest BCUT2D eigenvalue weighted by Gasteiger charge is 2.33. The molecule has 0 aromatic heterocycles. The van der Waals surface area contributed by atoms with Crippen molar-refractivity contribution in [1.82, 2.24) is 0 Å². The lowest BCUT2D eigenvalue weighted by Gasteiger charge is -2.18. The molecule has 2 rings (SSSR count). The summed E-state index contributed by atoms with van der Waals surface area (Å²) in [5, 5.41) is 10.3. The van der Waals surface area contributed by atoms with Crippen LogP contribution in [0.2, 0.25) is 0 Å². The van der Waals surface area contributed by atoms with Gasteiger partial charge in [0.1, 0.15) is 11.9 Å². The summed E-state index contributed by atoms with van der Waals surface area (Å²) < 4.78 is 41.0. The van der Waals surface area contributed by atoms with Gasteiger partial charge in [-0.1, -0.05) is 42.5 Å². The number of halogens is 3. The van der Waals surface area contributed by atoms with Gasteiger partial charge in [-0.2, -0.15) is 0 Å². The highest BCUT2D eigenvalue weighted by Crippen LogP contribution is 2.34. The van der Waals surface area contributed by atoms with E-state index in [9.17, 15) is 18.3 Å². The molecule has 0 aliphatic rings. The normalized spacial score (nSPS) is 13.1. The molecule has 0 saturated carbocycles. The smallest absolute Gasteiger partial charge is 0.405 e. The lowest BCUT2D eigenvalue weighted by Crippen LogP contribution is -2.19. The summed E-state index contributed by atoms with van der Waals surface area (Å²) >= 11 is 0. The number of hydrogen-bond donors (Lipinski definition) is 1. The van der Waals surface area contributed by atoms with Crippen LogP contribution >= 0.6 is 0 Å². The van der Waals surface area contributed by atoms with E-state index in [0.717, 1.165) is 5.56 Å². The molecule has 20 heavy (non-hydrogen) atoms. The maximum atomic E-state index is 12.4. The zero-order valence-corrected chi connectivity index (χ0v) is 10.7.